The average Bonchev–Trinajstić information content (AvgIpc) is 3.17. The molecule has 3 heterocycles. The van der Waals surface area contributed by atoms with Crippen LogP contribution in [0.15, 0.2) is 18.5 Å². The SMILES string of the molecule is Cc1cc(C(=O)N(C)C)nc([C@]2(C)CCCN2Cc2ncc[nH]2)n1. The number of rotatable bonds is 4. The van der Waals surface area contributed by atoms with Crippen LogP contribution in [0.3, 0.4) is 0 Å². The fourth-order valence-electron chi connectivity index (χ4n) is 3.24. The molecule has 3 rings (SSSR count). The number of hydrogen-bond donors (Lipinski definition) is 1. The summed E-state index contributed by atoms with van der Waals surface area (Å²) in [6, 6.07) is 1.75. The molecule has 0 aliphatic carbocycles. The predicted octanol–water partition coefficient (Wildman–Crippen LogP) is 1.72. The van der Waals surface area contributed by atoms with Gasteiger partial charge in [-0.2, -0.15) is 0 Å². The van der Waals surface area contributed by atoms with Gasteiger partial charge in [-0.05, 0) is 39.3 Å². The normalized spacial score (nSPS) is 21.2. The van der Waals surface area contributed by atoms with Crippen molar-refractivity contribution >= 4 is 5.91 Å². The number of imidazole rings is 1. The number of aromatic amines is 1. The van der Waals surface area contributed by atoms with Gasteiger partial charge >= 0.3 is 0 Å². The summed E-state index contributed by atoms with van der Waals surface area (Å²) < 4.78 is 0. The first-order valence-electron chi connectivity index (χ1n) is 8.21. The fraction of sp³-hybridized carbons (Fsp3) is 0.529. The molecule has 7 heteroatoms. The second-order valence-electron chi connectivity index (χ2n) is 6.75. The molecule has 1 N–H and O–H groups in total. The van der Waals surface area contributed by atoms with Crippen molar-refractivity contribution in [2.24, 2.45) is 0 Å². The summed E-state index contributed by atoms with van der Waals surface area (Å²) in [7, 11) is 3.47. The number of likely N-dealkylation sites (tertiary alicyclic amines) is 1. The molecule has 7 nitrogen and oxygen atoms in total. The van der Waals surface area contributed by atoms with Crippen LogP contribution in [-0.2, 0) is 12.1 Å². The highest BCUT2D eigenvalue weighted by Crippen LogP contribution is 2.37. The molecule has 1 aliphatic rings. The number of aryl methyl sites for hydroxylation is 1. The van der Waals surface area contributed by atoms with E-state index in [1.807, 2.05) is 13.1 Å². The van der Waals surface area contributed by atoms with E-state index in [0.717, 1.165) is 43.3 Å². The van der Waals surface area contributed by atoms with Crippen molar-refractivity contribution in [3.63, 3.8) is 0 Å². The van der Waals surface area contributed by atoms with Crippen LogP contribution in [0, 0.1) is 6.92 Å². The Morgan fingerprint density at radius 2 is 2.21 bits per heavy atom. The lowest BCUT2D eigenvalue weighted by Gasteiger charge is -2.33. The van der Waals surface area contributed by atoms with Gasteiger partial charge in [0, 0.05) is 32.2 Å². The van der Waals surface area contributed by atoms with E-state index >= 15 is 0 Å². The minimum atomic E-state index is -0.292. The molecule has 0 aromatic carbocycles. The molecule has 0 spiro atoms. The first-order valence-corrected chi connectivity index (χ1v) is 8.21. The van der Waals surface area contributed by atoms with Crippen LogP contribution in [0.4, 0.5) is 0 Å². The summed E-state index contributed by atoms with van der Waals surface area (Å²) in [5.41, 5.74) is 0.977. The molecule has 0 saturated carbocycles. The minimum absolute atomic E-state index is 0.0964. The first-order chi connectivity index (χ1) is 11.4. The molecule has 128 valence electrons. The van der Waals surface area contributed by atoms with Crippen LogP contribution in [0.25, 0.3) is 0 Å². The topological polar surface area (TPSA) is 78.0 Å². The number of carbonyl (C=O) groups is 1. The van der Waals surface area contributed by atoms with Crippen molar-refractivity contribution in [1.82, 2.24) is 29.7 Å². The average molecular weight is 328 g/mol. The van der Waals surface area contributed by atoms with Crippen LogP contribution in [0.1, 0.15) is 47.6 Å². The standard InChI is InChI=1S/C17H24N6O/c1-12-10-13(15(24)22(3)4)21-16(20-12)17(2)6-5-9-23(17)11-14-18-7-8-19-14/h7-8,10H,5-6,9,11H2,1-4H3,(H,18,19)/t17-/m0/s1. The second-order valence-corrected chi connectivity index (χ2v) is 6.75. The Morgan fingerprint density at radius 1 is 1.42 bits per heavy atom. The molecule has 1 amide bonds. The lowest BCUT2D eigenvalue weighted by Crippen LogP contribution is -2.40. The van der Waals surface area contributed by atoms with Crippen LogP contribution < -0.4 is 0 Å². The third kappa shape index (κ3) is 3.03. The number of H-pyrrole nitrogens is 1. The van der Waals surface area contributed by atoms with Crippen molar-refractivity contribution in [1.29, 1.82) is 0 Å². The van der Waals surface area contributed by atoms with Crippen molar-refractivity contribution in [2.75, 3.05) is 20.6 Å². The van der Waals surface area contributed by atoms with Crippen molar-refractivity contribution in [3.05, 3.63) is 41.5 Å². The van der Waals surface area contributed by atoms with Crippen LogP contribution in [0.5, 0.6) is 0 Å². The molecule has 2 aromatic heterocycles. The van der Waals surface area contributed by atoms with Crippen LogP contribution in [-0.4, -0.2) is 56.3 Å². The third-order valence-electron chi connectivity index (χ3n) is 4.65. The van der Waals surface area contributed by atoms with Gasteiger partial charge < -0.3 is 9.88 Å². The molecular weight excluding hydrogens is 304 g/mol. The number of amides is 1. The molecule has 0 bridgehead atoms. The monoisotopic (exact) mass is 328 g/mol. The fourth-order valence-corrected chi connectivity index (χ4v) is 3.24. The summed E-state index contributed by atoms with van der Waals surface area (Å²) >= 11 is 0. The van der Waals surface area contributed by atoms with E-state index in [1.54, 1.807) is 31.3 Å². The minimum Gasteiger partial charge on any atom is -0.348 e. The first kappa shape index (κ1) is 16.6. The maximum atomic E-state index is 12.3. The van der Waals surface area contributed by atoms with E-state index in [9.17, 15) is 4.79 Å². The van der Waals surface area contributed by atoms with Crippen LogP contribution in [0.2, 0.25) is 0 Å². The van der Waals surface area contributed by atoms with Gasteiger partial charge in [-0.15, -0.1) is 0 Å². The summed E-state index contributed by atoms with van der Waals surface area (Å²) in [6.45, 7) is 5.75. The van der Waals surface area contributed by atoms with Gasteiger partial charge in [0.1, 0.15) is 17.3 Å². The highest BCUT2D eigenvalue weighted by Gasteiger charge is 2.41. The summed E-state index contributed by atoms with van der Waals surface area (Å²) in [5, 5.41) is 0. The molecule has 0 radical (unpaired) electrons. The summed E-state index contributed by atoms with van der Waals surface area (Å²) in [4.78, 5) is 32.9. The van der Waals surface area contributed by atoms with Gasteiger partial charge in [0.2, 0.25) is 0 Å². The Hall–Kier alpha value is -2.28. The third-order valence-corrected chi connectivity index (χ3v) is 4.65. The van der Waals surface area contributed by atoms with Gasteiger partial charge in [-0.3, -0.25) is 9.69 Å². The van der Waals surface area contributed by atoms with Crippen LogP contribution >= 0.6 is 0 Å². The molecule has 24 heavy (non-hydrogen) atoms. The van der Waals surface area contributed by atoms with Gasteiger partial charge in [0.05, 0.1) is 12.1 Å². The van der Waals surface area contributed by atoms with Gasteiger partial charge in [-0.25, -0.2) is 15.0 Å². The Bertz CT molecular complexity index is 727. The van der Waals surface area contributed by atoms with Crippen molar-refractivity contribution in [3.8, 4) is 0 Å². The summed E-state index contributed by atoms with van der Waals surface area (Å²) in [6.07, 6.45) is 5.64. The smallest absolute Gasteiger partial charge is 0.272 e. The van der Waals surface area contributed by atoms with Gasteiger partial charge in [-0.1, -0.05) is 0 Å². The maximum Gasteiger partial charge on any atom is 0.272 e. The zero-order valence-electron chi connectivity index (χ0n) is 14.7. The van der Waals surface area contributed by atoms with E-state index in [0.29, 0.717) is 5.69 Å². The van der Waals surface area contributed by atoms with E-state index in [1.165, 1.54) is 0 Å². The molecule has 1 fully saturated rings. The molecular formula is C17H24N6O. The molecule has 1 saturated heterocycles. The number of nitrogens with zero attached hydrogens (tertiary/aromatic N) is 5. The molecule has 1 atom stereocenters. The van der Waals surface area contributed by atoms with Crippen molar-refractivity contribution < 1.29 is 4.79 Å². The Labute approximate surface area is 142 Å². The quantitative estimate of drug-likeness (QED) is 0.924. The van der Waals surface area contributed by atoms with E-state index in [4.69, 9.17) is 0 Å². The number of aromatic nitrogens is 4. The Kier molecular flexibility index (Phi) is 4.36. The number of hydrogen-bond acceptors (Lipinski definition) is 5. The highest BCUT2D eigenvalue weighted by atomic mass is 16.2. The zero-order valence-corrected chi connectivity index (χ0v) is 14.7. The molecule has 0 unspecified atom stereocenters. The van der Waals surface area contributed by atoms with E-state index < -0.39 is 0 Å². The lowest BCUT2D eigenvalue weighted by molar-refractivity contribution is 0.0818. The van der Waals surface area contributed by atoms with Crippen molar-refractivity contribution in [2.45, 2.75) is 38.8 Å². The van der Waals surface area contributed by atoms with Gasteiger partial charge in [0.15, 0.2) is 0 Å². The number of carbonyl (C=O) groups excluding carboxylic acids is 1. The Balaban J connectivity index is 1.95. The molecule has 1 aliphatic heterocycles. The van der Waals surface area contributed by atoms with Gasteiger partial charge in [0.25, 0.3) is 5.91 Å². The largest absolute Gasteiger partial charge is 0.348 e. The maximum absolute atomic E-state index is 12.3. The summed E-state index contributed by atoms with van der Waals surface area (Å²) in [5.74, 6) is 1.55. The lowest BCUT2D eigenvalue weighted by atomic mass is 9.97. The van der Waals surface area contributed by atoms with E-state index in [-0.39, 0.29) is 11.4 Å². The Morgan fingerprint density at radius 3 is 2.88 bits per heavy atom. The highest BCUT2D eigenvalue weighted by molar-refractivity contribution is 5.92. The molecule has 2 aromatic rings. The zero-order chi connectivity index (χ0) is 17.3. The second kappa shape index (κ2) is 6.32. The number of nitrogens with one attached hydrogen (secondary N) is 1. The van der Waals surface area contributed by atoms with E-state index in [2.05, 4.69) is 31.8 Å². The predicted molar refractivity (Wildman–Crippen MR) is 90.4 cm³/mol.